The number of Topliss-reactive ketones (excluding diaryl/α,β-unsaturated/α-hetero) is 2. The molecule has 0 amide bonds. The van der Waals surface area contributed by atoms with E-state index in [9.17, 15) is 9.59 Å². The third kappa shape index (κ3) is 1.93. The SMILES string of the molecule is C=CC1=CC[C@H]2[C@@H]3CCC4CC(=O)CC[C@]4(C)[C@H]3C(=O)C[C@]12C. The molecule has 2 nitrogen and oxygen atoms in total. The first-order valence-electron chi connectivity index (χ1n) is 9.27. The van der Waals surface area contributed by atoms with Crippen LogP contribution in [0.4, 0.5) is 0 Å². The van der Waals surface area contributed by atoms with Crippen LogP contribution in [0.2, 0.25) is 0 Å². The Kier molecular flexibility index (Phi) is 3.28. The van der Waals surface area contributed by atoms with Crippen LogP contribution in [0.25, 0.3) is 0 Å². The summed E-state index contributed by atoms with van der Waals surface area (Å²) in [5.41, 5.74) is 1.36. The summed E-state index contributed by atoms with van der Waals surface area (Å²) in [4.78, 5) is 25.1. The number of hydrogen-bond acceptors (Lipinski definition) is 2. The van der Waals surface area contributed by atoms with E-state index in [1.54, 1.807) is 0 Å². The lowest BCUT2D eigenvalue weighted by Crippen LogP contribution is -2.57. The fraction of sp³-hybridized carbons (Fsp3) is 0.714. The van der Waals surface area contributed by atoms with Crippen molar-refractivity contribution in [3.05, 3.63) is 24.3 Å². The van der Waals surface area contributed by atoms with Crippen molar-refractivity contribution in [2.75, 3.05) is 0 Å². The van der Waals surface area contributed by atoms with Crippen LogP contribution in [0.3, 0.4) is 0 Å². The van der Waals surface area contributed by atoms with Gasteiger partial charge in [0.15, 0.2) is 0 Å². The third-order valence-electron chi connectivity index (χ3n) is 8.03. The molecule has 3 fully saturated rings. The number of ketones is 2. The molecule has 0 radical (unpaired) electrons. The Labute approximate surface area is 139 Å². The molecule has 0 heterocycles. The zero-order valence-electron chi connectivity index (χ0n) is 14.4. The number of carbonyl (C=O) groups excluding carboxylic acids is 2. The average molecular weight is 312 g/mol. The molecule has 1 unspecified atom stereocenters. The van der Waals surface area contributed by atoms with Crippen molar-refractivity contribution in [3.8, 4) is 0 Å². The van der Waals surface area contributed by atoms with E-state index >= 15 is 0 Å². The Morgan fingerprint density at radius 1 is 1.26 bits per heavy atom. The van der Waals surface area contributed by atoms with Gasteiger partial charge in [0.05, 0.1) is 0 Å². The van der Waals surface area contributed by atoms with Crippen LogP contribution < -0.4 is 0 Å². The maximum absolute atomic E-state index is 13.2. The van der Waals surface area contributed by atoms with Gasteiger partial charge < -0.3 is 0 Å². The Hall–Kier alpha value is -1.18. The van der Waals surface area contributed by atoms with Crippen LogP contribution in [-0.4, -0.2) is 11.6 Å². The lowest BCUT2D eigenvalue weighted by Gasteiger charge is -2.58. The van der Waals surface area contributed by atoms with Crippen molar-refractivity contribution >= 4 is 11.6 Å². The van der Waals surface area contributed by atoms with Crippen LogP contribution in [0.5, 0.6) is 0 Å². The van der Waals surface area contributed by atoms with Crippen LogP contribution in [0.1, 0.15) is 58.8 Å². The zero-order valence-corrected chi connectivity index (χ0v) is 14.4. The van der Waals surface area contributed by atoms with Gasteiger partial charge in [0.25, 0.3) is 0 Å². The molecule has 0 bridgehead atoms. The Morgan fingerprint density at radius 3 is 2.78 bits per heavy atom. The summed E-state index contributed by atoms with van der Waals surface area (Å²) >= 11 is 0. The van der Waals surface area contributed by atoms with E-state index in [0.29, 0.717) is 48.6 Å². The zero-order chi connectivity index (χ0) is 16.4. The molecule has 4 rings (SSSR count). The van der Waals surface area contributed by atoms with Gasteiger partial charge >= 0.3 is 0 Å². The number of rotatable bonds is 1. The molecule has 2 heteroatoms. The average Bonchev–Trinajstić information content (AvgIpc) is 2.83. The highest BCUT2D eigenvalue weighted by molar-refractivity contribution is 5.86. The second-order valence-electron chi connectivity index (χ2n) is 8.93. The molecule has 3 saturated carbocycles. The highest BCUT2D eigenvalue weighted by Gasteiger charge is 2.61. The summed E-state index contributed by atoms with van der Waals surface area (Å²) in [5, 5.41) is 0. The van der Waals surface area contributed by atoms with Gasteiger partial charge in [-0.2, -0.15) is 0 Å². The Morgan fingerprint density at radius 2 is 2.04 bits per heavy atom. The van der Waals surface area contributed by atoms with E-state index < -0.39 is 0 Å². The van der Waals surface area contributed by atoms with Crippen molar-refractivity contribution in [3.63, 3.8) is 0 Å². The lowest BCUT2D eigenvalue weighted by molar-refractivity contribution is -0.157. The summed E-state index contributed by atoms with van der Waals surface area (Å²) in [6.07, 6.45) is 10.7. The standard InChI is InChI=1S/C21H28O2/c1-4-13-6-8-17-16-7-5-14-11-15(22)9-10-20(14,2)19(16)18(23)12-21(13,17)3/h4,6,14,16-17,19H,1,5,7-12H2,2-3H3/t14?,16-,17-,19+,20-,21+/m0/s1. The second-order valence-corrected chi connectivity index (χ2v) is 8.93. The first-order valence-corrected chi connectivity index (χ1v) is 9.27. The maximum Gasteiger partial charge on any atom is 0.137 e. The van der Waals surface area contributed by atoms with E-state index in [1.165, 1.54) is 5.57 Å². The molecule has 0 aromatic rings. The number of allylic oxidation sites excluding steroid dienone is 3. The summed E-state index contributed by atoms with van der Waals surface area (Å²) in [5.74, 6) is 2.59. The van der Waals surface area contributed by atoms with Crippen LogP contribution >= 0.6 is 0 Å². The number of hydrogen-bond donors (Lipinski definition) is 0. The monoisotopic (exact) mass is 312 g/mol. The molecule has 0 N–H and O–H groups in total. The first-order chi connectivity index (χ1) is 10.9. The van der Waals surface area contributed by atoms with Gasteiger partial charge in [-0.25, -0.2) is 0 Å². The van der Waals surface area contributed by atoms with E-state index in [2.05, 4.69) is 26.5 Å². The molecule has 0 aromatic carbocycles. The van der Waals surface area contributed by atoms with Gasteiger partial charge in [-0.3, -0.25) is 9.59 Å². The highest BCUT2D eigenvalue weighted by atomic mass is 16.1. The third-order valence-corrected chi connectivity index (χ3v) is 8.03. The van der Waals surface area contributed by atoms with Gasteiger partial charge in [-0.15, -0.1) is 0 Å². The largest absolute Gasteiger partial charge is 0.300 e. The maximum atomic E-state index is 13.2. The minimum Gasteiger partial charge on any atom is -0.300 e. The second kappa shape index (κ2) is 4.91. The van der Waals surface area contributed by atoms with Crippen molar-refractivity contribution in [1.82, 2.24) is 0 Å². The van der Waals surface area contributed by atoms with Crippen molar-refractivity contribution < 1.29 is 9.59 Å². The van der Waals surface area contributed by atoms with Gasteiger partial charge in [-0.05, 0) is 54.4 Å². The smallest absolute Gasteiger partial charge is 0.137 e. The molecule has 124 valence electrons. The van der Waals surface area contributed by atoms with Gasteiger partial charge in [0.2, 0.25) is 0 Å². The fourth-order valence-electron chi connectivity index (χ4n) is 6.78. The minimum absolute atomic E-state index is 0.00762. The summed E-state index contributed by atoms with van der Waals surface area (Å²) < 4.78 is 0. The van der Waals surface area contributed by atoms with E-state index in [4.69, 9.17) is 0 Å². The number of fused-ring (bicyclic) bond motifs is 5. The van der Waals surface area contributed by atoms with E-state index in [-0.39, 0.29) is 16.7 Å². The van der Waals surface area contributed by atoms with Crippen molar-refractivity contribution in [2.24, 2.45) is 34.5 Å². The molecule has 6 atom stereocenters. The summed E-state index contributed by atoms with van der Waals surface area (Å²) in [7, 11) is 0. The minimum atomic E-state index is 0.00762. The Balaban J connectivity index is 1.71. The van der Waals surface area contributed by atoms with Gasteiger partial charge in [-0.1, -0.05) is 32.6 Å². The fourth-order valence-corrected chi connectivity index (χ4v) is 6.78. The van der Waals surface area contributed by atoms with Crippen LogP contribution in [0.15, 0.2) is 24.3 Å². The first kappa shape index (κ1) is 15.4. The molecular weight excluding hydrogens is 284 g/mol. The normalized spacial score (nSPS) is 49.0. The predicted octanol–water partition coefficient (Wildman–Crippen LogP) is 4.50. The molecule has 0 aromatic heterocycles. The quantitative estimate of drug-likeness (QED) is 0.714. The Bertz CT molecular complexity index is 615. The molecule has 0 aliphatic heterocycles. The van der Waals surface area contributed by atoms with E-state index in [1.807, 2.05) is 6.08 Å². The topological polar surface area (TPSA) is 34.1 Å². The van der Waals surface area contributed by atoms with Gasteiger partial charge in [0.1, 0.15) is 11.6 Å². The van der Waals surface area contributed by atoms with Crippen molar-refractivity contribution in [2.45, 2.75) is 58.8 Å². The van der Waals surface area contributed by atoms with Gasteiger partial charge in [0, 0.05) is 30.6 Å². The van der Waals surface area contributed by atoms with E-state index in [0.717, 1.165) is 25.7 Å². The molecule has 4 aliphatic carbocycles. The molecule has 0 saturated heterocycles. The lowest BCUT2D eigenvalue weighted by atomic mass is 9.44. The number of carbonyl (C=O) groups is 2. The predicted molar refractivity (Wildman–Crippen MR) is 90.8 cm³/mol. The highest BCUT2D eigenvalue weighted by Crippen LogP contribution is 2.65. The molecule has 4 aliphatic rings. The molecule has 23 heavy (non-hydrogen) atoms. The summed E-state index contributed by atoms with van der Waals surface area (Å²) in [6.45, 7) is 8.58. The van der Waals surface area contributed by atoms with Crippen molar-refractivity contribution in [1.29, 1.82) is 0 Å². The molecular formula is C21H28O2. The molecule has 0 spiro atoms. The van der Waals surface area contributed by atoms with Crippen LogP contribution in [0, 0.1) is 34.5 Å². The van der Waals surface area contributed by atoms with Crippen LogP contribution in [-0.2, 0) is 9.59 Å². The summed E-state index contributed by atoms with van der Waals surface area (Å²) in [6, 6.07) is 0.